The summed E-state index contributed by atoms with van der Waals surface area (Å²) in [5, 5.41) is 3.66. The number of Topliss-reactive ketones (excluding diaryl/α,β-unsaturated/α-hetero) is 1. The maximum absolute atomic E-state index is 12.4. The summed E-state index contributed by atoms with van der Waals surface area (Å²) in [5.41, 5.74) is 0.501. The molecular weight excluding hydrogens is 271 g/mol. The highest BCUT2D eigenvalue weighted by Gasteiger charge is 2.29. The van der Waals surface area contributed by atoms with Crippen molar-refractivity contribution >= 4 is 5.78 Å². The lowest BCUT2D eigenvalue weighted by atomic mass is 10.0. The highest BCUT2D eigenvalue weighted by molar-refractivity contribution is 5.82. The molecule has 0 spiro atoms. The quantitative estimate of drug-likeness (QED) is 0.864. The fraction of sp³-hybridized carbons (Fsp3) is 0.286. The van der Waals surface area contributed by atoms with Crippen LogP contribution in [0.4, 0.5) is 13.2 Å². The van der Waals surface area contributed by atoms with Crippen LogP contribution in [0.5, 0.6) is 0 Å². The Labute approximate surface area is 113 Å². The van der Waals surface area contributed by atoms with Gasteiger partial charge in [-0.25, -0.2) is 0 Å². The van der Waals surface area contributed by atoms with Gasteiger partial charge in [-0.05, 0) is 24.6 Å². The molecule has 0 aliphatic heterocycles. The Morgan fingerprint density at radius 3 is 2.35 bits per heavy atom. The van der Waals surface area contributed by atoms with Crippen molar-refractivity contribution in [3.05, 3.63) is 52.9 Å². The molecule has 0 N–H and O–H groups in total. The molecule has 0 aliphatic rings. The highest BCUT2D eigenvalue weighted by atomic mass is 19.4. The second kappa shape index (κ2) is 5.48. The van der Waals surface area contributed by atoms with Gasteiger partial charge in [0, 0.05) is 12.5 Å². The number of carbonyl (C=O) groups excluding carboxylic acids is 1. The van der Waals surface area contributed by atoms with Crippen LogP contribution in [0.2, 0.25) is 0 Å². The number of ketones is 1. The molecule has 1 heterocycles. The van der Waals surface area contributed by atoms with E-state index in [-0.39, 0.29) is 18.6 Å². The number of rotatable bonds is 4. The molecule has 0 saturated carbocycles. The molecule has 1 aromatic carbocycles. The Hall–Kier alpha value is -2.11. The van der Waals surface area contributed by atoms with Crippen molar-refractivity contribution in [3.8, 4) is 0 Å². The van der Waals surface area contributed by atoms with E-state index >= 15 is 0 Å². The molecule has 0 unspecified atom stereocenters. The van der Waals surface area contributed by atoms with Crippen molar-refractivity contribution in [2.24, 2.45) is 0 Å². The zero-order valence-electron chi connectivity index (χ0n) is 10.7. The first kappa shape index (κ1) is 14.3. The van der Waals surface area contributed by atoms with E-state index in [0.717, 1.165) is 12.1 Å². The number of hydrogen-bond acceptors (Lipinski definition) is 3. The minimum Gasteiger partial charge on any atom is -0.361 e. The monoisotopic (exact) mass is 283 g/mol. The predicted molar refractivity (Wildman–Crippen MR) is 65.1 cm³/mol. The van der Waals surface area contributed by atoms with Gasteiger partial charge in [0.1, 0.15) is 11.5 Å². The summed E-state index contributed by atoms with van der Waals surface area (Å²) in [6.45, 7) is 1.74. The van der Waals surface area contributed by atoms with Gasteiger partial charge < -0.3 is 4.52 Å². The smallest absolute Gasteiger partial charge is 0.361 e. The van der Waals surface area contributed by atoms with E-state index in [0.29, 0.717) is 17.0 Å². The Bertz CT molecular complexity index is 600. The van der Waals surface area contributed by atoms with Crippen LogP contribution in [0.3, 0.4) is 0 Å². The van der Waals surface area contributed by atoms with E-state index in [2.05, 4.69) is 5.16 Å². The van der Waals surface area contributed by atoms with E-state index < -0.39 is 11.7 Å². The molecule has 0 atom stereocenters. The van der Waals surface area contributed by atoms with Gasteiger partial charge in [-0.3, -0.25) is 4.79 Å². The Morgan fingerprint density at radius 1 is 1.20 bits per heavy atom. The van der Waals surface area contributed by atoms with E-state index in [1.807, 2.05) is 0 Å². The van der Waals surface area contributed by atoms with Gasteiger partial charge in [-0.1, -0.05) is 17.3 Å². The number of carbonyl (C=O) groups is 1. The number of benzene rings is 1. The van der Waals surface area contributed by atoms with Crippen molar-refractivity contribution in [2.45, 2.75) is 25.9 Å². The third kappa shape index (κ3) is 3.69. The molecule has 0 amide bonds. The predicted octanol–water partition coefficient (Wildman–Crippen LogP) is 3.36. The largest absolute Gasteiger partial charge is 0.416 e. The fourth-order valence-electron chi connectivity index (χ4n) is 1.80. The van der Waals surface area contributed by atoms with E-state index in [9.17, 15) is 18.0 Å². The van der Waals surface area contributed by atoms with E-state index in [1.165, 1.54) is 12.1 Å². The molecule has 1 aromatic heterocycles. The van der Waals surface area contributed by atoms with Crippen LogP contribution in [-0.2, 0) is 23.8 Å². The maximum Gasteiger partial charge on any atom is 0.416 e. The second-order valence-electron chi connectivity index (χ2n) is 4.52. The molecule has 20 heavy (non-hydrogen) atoms. The van der Waals surface area contributed by atoms with Crippen LogP contribution in [0.25, 0.3) is 0 Å². The van der Waals surface area contributed by atoms with Gasteiger partial charge >= 0.3 is 6.18 Å². The van der Waals surface area contributed by atoms with E-state index in [1.54, 1.807) is 13.0 Å². The molecule has 0 aliphatic carbocycles. The van der Waals surface area contributed by atoms with E-state index in [4.69, 9.17) is 4.52 Å². The highest BCUT2D eigenvalue weighted by Crippen LogP contribution is 2.29. The minimum absolute atomic E-state index is 0.0673. The summed E-state index contributed by atoms with van der Waals surface area (Å²) in [7, 11) is 0. The molecular formula is C14H12F3NO2. The summed E-state index contributed by atoms with van der Waals surface area (Å²) in [6.07, 6.45) is -4.21. The lowest BCUT2D eigenvalue weighted by Crippen LogP contribution is -2.08. The summed E-state index contributed by atoms with van der Waals surface area (Å²) in [4.78, 5) is 11.8. The Balaban J connectivity index is 1.98. The molecule has 2 rings (SSSR count). The van der Waals surface area contributed by atoms with Crippen molar-refractivity contribution in [1.82, 2.24) is 5.16 Å². The Morgan fingerprint density at radius 2 is 1.85 bits per heavy atom. The molecule has 0 bridgehead atoms. The third-order valence-electron chi connectivity index (χ3n) is 2.73. The molecule has 2 aromatic rings. The molecule has 3 nitrogen and oxygen atoms in total. The van der Waals surface area contributed by atoms with Gasteiger partial charge in [-0.2, -0.15) is 13.2 Å². The van der Waals surface area contributed by atoms with Gasteiger partial charge in [-0.15, -0.1) is 0 Å². The zero-order valence-corrected chi connectivity index (χ0v) is 10.7. The topological polar surface area (TPSA) is 43.1 Å². The number of alkyl halides is 3. The molecule has 106 valence electrons. The lowest BCUT2D eigenvalue weighted by molar-refractivity contribution is -0.137. The van der Waals surface area contributed by atoms with Crippen LogP contribution in [0.1, 0.15) is 22.6 Å². The van der Waals surface area contributed by atoms with Crippen LogP contribution in [0, 0.1) is 6.92 Å². The van der Waals surface area contributed by atoms with Crippen LogP contribution in [0.15, 0.2) is 34.9 Å². The summed E-state index contributed by atoms with van der Waals surface area (Å²) in [5.74, 6) is 0.320. The van der Waals surface area contributed by atoms with Crippen LogP contribution < -0.4 is 0 Å². The lowest BCUT2D eigenvalue weighted by Gasteiger charge is -2.07. The average Bonchev–Trinajstić information content (AvgIpc) is 2.74. The van der Waals surface area contributed by atoms with Gasteiger partial charge in [0.05, 0.1) is 17.7 Å². The summed E-state index contributed by atoms with van der Waals surface area (Å²) in [6, 6.07) is 6.23. The van der Waals surface area contributed by atoms with Crippen molar-refractivity contribution in [2.75, 3.05) is 0 Å². The number of hydrogen-bond donors (Lipinski definition) is 0. The first-order chi connectivity index (χ1) is 9.34. The number of halogens is 3. The Kier molecular flexibility index (Phi) is 3.92. The van der Waals surface area contributed by atoms with Crippen LogP contribution >= 0.6 is 0 Å². The fourth-order valence-corrected chi connectivity index (χ4v) is 1.80. The zero-order chi connectivity index (χ0) is 14.8. The van der Waals surface area contributed by atoms with Crippen molar-refractivity contribution < 1.29 is 22.5 Å². The van der Waals surface area contributed by atoms with Gasteiger partial charge in [0.15, 0.2) is 0 Å². The summed E-state index contributed by atoms with van der Waals surface area (Å²) >= 11 is 0. The maximum atomic E-state index is 12.4. The average molecular weight is 283 g/mol. The standard InChI is InChI=1S/C14H12F3NO2/c1-9-6-13(20-18-9)8-12(19)7-10-2-4-11(5-3-10)14(15,16)17/h2-6H,7-8H2,1H3. The van der Waals surface area contributed by atoms with Gasteiger partial charge in [0.2, 0.25) is 0 Å². The normalized spacial score (nSPS) is 11.6. The first-order valence-corrected chi connectivity index (χ1v) is 5.94. The number of aromatic nitrogens is 1. The molecule has 0 saturated heterocycles. The number of nitrogens with zero attached hydrogens (tertiary/aromatic N) is 1. The van der Waals surface area contributed by atoms with Crippen molar-refractivity contribution in [3.63, 3.8) is 0 Å². The molecule has 0 fully saturated rings. The SMILES string of the molecule is Cc1cc(CC(=O)Cc2ccc(C(F)(F)F)cc2)on1. The second-order valence-corrected chi connectivity index (χ2v) is 4.52. The van der Waals surface area contributed by atoms with Crippen molar-refractivity contribution in [1.29, 1.82) is 0 Å². The summed E-state index contributed by atoms with van der Waals surface area (Å²) < 4.78 is 42.1. The minimum atomic E-state index is -4.36. The van der Waals surface area contributed by atoms with Gasteiger partial charge in [0.25, 0.3) is 0 Å². The molecule has 0 radical (unpaired) electrons. The third-order valence-corrected chi connectivity index (χ3v) is 2.73. The molecule has 6 heteroatoms. The first-order valence-electron chi connectivity index (χ1n) is 5.94. The van der Waals surface area contributed by atoms with Crippen LogP contribution in [-0.4, -0.2) is 10.9 Å². The number of aryl methyl sites for hydroxylation is 1.